The highest BCUT2D eigenvalue weighted by molar-refractivity contribution is 9.10. The summed E-state index contributed by atoms with van der Waals surface area (Å²) in [5, 5.41) is 0. The average Bonchev–Trinajstić information content (AvgIpc) is 2.45. The van der Waals surface area contributed by atoms with Gasteiger partial charge in [0.25, 0.3) is 5.91 Å². The van der Waals surface area contributed by atoms with Crippen molar-refractivity contribution >= 4 is 33.4 Å². The molecule has 0 radical (unpaired) electrons. The van der Waals surface area contributed by atoms with E-state index >= 15 is 0 Å². The van der Waals surface area contributed by atoms with E-state index in [9.17, 15) is 9.18 Å². The molecule has 0 saturated heterocycles. The van der Waals surface area contributed by atoms with E-state index in [1.54, 1.807) is 17.0 Å². The van der Waals surface area contributed by atoms with Gasteiger partial charge in [0.15, 0.2) is 0 Å². The topological polar surface area (TPSA) is 20.3 Å². The standard InChI is InChI=1S/C15H18BrClFNO/c16-12-7-4-8-13(18)14(12)15(20)19(10-9-17)11-5-2-1-3-6-11/h4,7-8,11H,1-3,5-6,9-10H2. The predicted molar refractivity (Wildman–Crippen MR) is 82.7 cm³/mol. The summed E-state index contributed by atoms with van der Waals surface area (Å²) in [4.78, 5) is 14.4. The van der Waals surface area contributed by atoms with E-state index in [1.165, 1.54) is 12.5 Å². The number of carbonyl (C=O) groups is 1. The molecular weight excluding hydrogens is 345 g/mol. The maximum absolute atomic E-state index is 14.0. The van der Waals surface area contributed by atoms with Crippen LogP contribution in [0.5, 0.6) is 0 Å². The highest BCUT2D eigenvalue weighted by Gasteiger charge is 2.28. The molecule has 2 rings (SSSR count). The average molecular weight is 363 g/mol. The maximum Gasteiger partial charge on any atom is 0.258 e. The lowest BCUT2D eigenvalue weighted by atomic mass is 9.93. The summed E-state index contributed by atoms with van der Waals surface area (Å²) in [6, 6.07) is 4.78. The van der Waals surface area contributed by atoms with Crippen molar-refractivity contribution in [3.8, 4) is 0 Å². The van der Waals surface area contributed by atoms with Gasteiger partial charge in [0, 0.05) is 22.9 Å². The second kappa shape index (κ2) is 7.41. The van der Waals surface area contributed by atoms with Crippen LogP contribution in [0.4, 0.5) is 4.39 Å². The molecule has 1 aliphatic carbocycles. The largest absolute Gasteiger partial charge is 0.334 e. The fourth-order valence-corrected chi connectivity index (χ4v) is 3.47. The van der Waals surface area contributed by atoms with Crippen molar-refractivity contribution in [2.24, 2.45) is 0 Å². The number of rotatable bonds is 4. The van der Waals surface area contributed by atoms with E-state index in [-0.39, 0.29) is 17.5 Å². The van der Waals surface area contributed by atoms with Crippen LogP contribution in [0.15, 0.2) is 22.7 Å². The van der Waals surface area contributed by atoms with Crippen molar-refractivity contribution < 1.29 is 9.18 Å². The zero-order valence-electron chi connectivity index (χ0n) is 11.2. The molecule has 1 fully saturated rings. The van der Waals surface area contributed by atoms with Crippen molar-refractivity contribution in [3.05, 3.63) is 34.1 Å². The summed E-state index contributed by atoms with van der Waals surface area (Å²) in [6.07, 6.45) is 5.41. The monoisotopic (exact) mass is 361 g/mol. The summed E-state index contributed by atoms with van der Waals surface area (Å²) >= 11 is 9.10. The van der Waals surface area contributed by atoms with Gasteiger partial charge in [-0.2, -0.15) is 0 Å². The first-order chi connectivity index (χ1) is 9.65. The Morgan fingerprint density at radius 1 is 1.35 bits per heavy atom. The Kier molecular flexibility index (Phi) is 5.85. The molecule has 0 heterocycles. The smallest absolute Gasteiger partial charge is 0.258 e. The van der Waals surface area contributed by atoms with Crippen molar-refractivity contribution in [1.82, 2.24) is 4.90 Å². The Hall–Kier alpha value is -0.610. The van der Waals surface area contributed by atoms with Gasteiger partial charge in [0.1, 0.15) is 5.82 Å². The van der Waals surface area contributed by atoms with Gasteiger partial charge in [-0.3, -0.25) is 4.79 Å². The van der Waals surface area contributed by atoms with Crippen LogP contribution in [-0.4, -0.2) is 29.3 Å². The fourth-order valence-electron chi connectivity index (χ4n) is 2.78. The van der Waals surface area contributed by atoms with Gasteiger partial charge in [-0.1, -0.05) is 25.3 Å². The van der Waals surface area contributed by atoms with Gasteiger partial charge in [-0.05, 0) is 40.9 Å². The molecule has 1 aliphatic rings. The fraction of sp³-hybridized carbons (Fsp3) is 0.533. The van der Waals surface area contributed by atoms with Crippen LogP contribution >= 0.6 is 27.5 Å². The second-order valence-electron chi connectivity index (χ2n) is 5.08. The highest BCUT2D eigenvalue weighted by Crippen LogP contribution is 2.27. The Morgan fingerprint density at radius 3 is 2.65 bits per heavy atom. The molecule has 0 aliphatic heterocycles. The van der Waals surface area contributed by atoms with Crippen LogP contribution in [0.3, 0.4) is 0 Å². The summed E-state index contributed by atoms with van der Waals surface area (Å²) < 4.78 is 14.5. The molecule has 0 unspecified atom stereocenters. The lowest BCUT2D eigenvalue weighted by molar-refractivity contribution is 0.0644. The van der Waals surface area contributed by atoms with Gasteiger partial charge in [-0.25, -0.2) is 4.39 Å². The van der Waals surface area contributed by atoms with E-state index < -0.39 is 5.82 Å². The van der Waals surface area contributed by atoms with Gasteiger partial charge < -0.3 is 4.90 Å². The number of halogens is 3. The molecule has 20 heavy (non-hydrogen) atoms. The molecule has 5 heteroatoms. The minimum atomic E-state index is -0.486. The van der Waals surface area contributed by atoms with E-state index in [1.807, 2.05) is 0 Å². The Morgan fingerprint density at radius 2 is 2.05 bits per heavy atom. The van der Waals surface area contributed by atoms with Crippen LogP contribution in [0.2, 0.25) is 0 Å². The minimum absolute atomic E-state index is 0.114. The first-order valence-corrected chi connectivity index (χ1v) is 8.29. The highest BCUT2D eigenvalue weighted by atomic mass is 79.9. The van der Waals surface area contributed by atoms with Gasteiger partial charge in [0.2, 0.25) is 0 Å². The van der Waals surface area contributed by atoms with E-state index in [0.717, 1.165) is 25.7 Å². The minimum Gasteiger partial charge on any atom is -0.334 e. The normalized spacial score (nSPS) is 16.1. The second-order valence-corrected chi connectivity index (χ2v) is 6.31. The van der Waals surface area contributed by atoms with E-state index in [4.69, 9.17) is 11.6 Å². The van der Waals surface area contributed by atoms with Gasteiger partial charge in [0.05, 0.1) is 5.56 Å². The van der Waals surface area contributed by atoms with Crippen LogP contribution in [0, 0.1) is 5.82 Å². The molecule has 110 valence electrons. The first kappa shape index (κ1) is 15.8. The molecule has 0 aromatic heterocycles. The van der Waals surface area contributed by atoms with Crippen molar-refractivity contribution in [1.29, 1.82) is 0 Å². The van der Waals surface area contributed by atoms with Crippen LogP contribution in [-0.2, 0) is 0 Å². The number of benzene rings is 1. The summed E-state index contributed by atoms with van der Waals surface area (Å²) in [7, 11) is 0. The Balaban J connectivity index is 2.26. The van der Waals surface area contributed by atoms with Crippen molar-refractivity contribution in [3.63, 3.8) is 0 Å². The van der Waals surface area contributed by atoms with Crippen LogP contribution in [0.1, 0.15) is 42.5 Å². The zero-order chi connectivity index (χ0) is 14.5. The number of hydrogen-bond donors (Lipinski definition) is 0. The Bertz CT molecular complexity index is 457. The lowest BCUT2D eigenvalue weighted by Gasteiger charge is -2.34. The number of nitrogens with zero attached hydrogens (tertiary/aromatic N) is 1. The summed E-state index contributed by atoms with van der Waals surface area (Å²) in [5.41, 5.74) is 0.114. The SMILES string of the molecule is O=C(c1c(F)cccc1Br)N(CCCl)C1CCCCC1. The zero-order valence-corrected chi connectivity index (χ0v) is 13.6. The Labute approximate surface area is 132 Å². The molecule has 1 saturated carbocycles. The lowest BCUT2D eigenvalue weighted by Crippen LogP contribution is -2.43. The number of alkyl halides is 1. The summed E-state index contributed by atoms with van der Waals surface area (Å²) in [6.45, 7) is 0.464. The number of carbonyl (C=O) groups excluding carboxylic acids is 1. The molecule has 0 bridgehead atoms. The van der Waals surface area contributed by atoms with E-state index in [0.29, 0.717) is 16.9 Å². The third-order valence-corrected chi connectivity index (χ3v) is 4.61. The molecule has 1 amide bonds. The molecule has 0 spiro atoms. The van der Waals surface area contributed by atoms with Crippen molar-refractivity contribution in [2.75, 3.05) is 12.4 Å². The first-order valence-electron chi connectivity index (χ1n) is 6.96. The third kappa shape index (κ3) is 3.53. The van der Waals surface area contributed by atoms with E-state index in [2.05, 4.69) is 15.9 Å². The van der Waals surface area contributed by atoms with Gasteiger partial charge >= 0.3 is 0 Å². The molecule has 1 aromatic rings. The van der Waals surface area contributed by atoms with Crippen molar-refractivity contribution in [2.45, 2.75) is 38.1 Å². The molecule has 1 aromatic carbocycles. The van der Waals surface area contributed by atoms with Gasteiger partial charge in [-0.15, -0.1) is 11.6 Å². The molecule has 2 nitrogen and oxygen atoms in total. The number of hydrogen-bond acceptors (Lipinski definition) is 1. The number of amides is 1. The third-order valence-electron chi connectivity index (χ3n) is 3.78. The van der Waals surface area contributed by atoms with Crippen LogP contribution in [0.25, 0.3) is 0 Å². The predicted octanol–water partition coefficient (Wildman–Crippen LogP) is 4.60. The molecular formula is C15H18BrClFNO. The quantitative estimate of drug-likeness (QED) is 0.717. The maximum atomic E-state index is 14.0. The van der Waals surface area contributed by atoms with Crippen LogP contribution < -0.4 is 0 Å². The molecule has 0 atom stereocenters. The molecule has 0 N–H and O–H groups in total. The summed E-state index contributed by atoms with van der Waals surface area (Å²) in [5.74, 6) is -0.379.